The fourth-order valence-electron chi connectivity index (χ4n) is 3.82. The van der Waals surface area contributed by atoms with Gasteiger partial charge >= 0.3 is 0 Å². The normalized spacial score (nSPS) is 12.2. The standard InChI is InChI=1S/C24H31Cl2N3O4S/c1-6-21(24(31)27-7-2)28(14-18-11-12-19(25)20(26)13-18)22(30)15-29(34(5,32)33)23-16(3)9-8-10-17(23)4/h8-13,21H,6-7,14-15H2,1-5H3,(H,27,31). The van der Waals surface area contributed by atoms with Crippen LogP contribution in [0.4, 0.5) is 5.69 Å². The van der Waals surface area contributed by atoms with Gasteiger partial charge in [-0.3, -0.25) is 13.9 Å². The fourth-order valence-corrected chi connectivity index (χ4v) is 5.11. The Bertz CT molecular complexity index is 1130. The molecule has 186 valence electrons. The van der Waals surface area contributed by atoms with Gasteiger partial charge in [-0.15, -0.1) is 0 Å². The van der Waals surface area contributed by atoms with E-state index >= 15 is 0 Å². The zero-order chi connectivity index (χ0) is 25.6. The largest absolute Gasteiger partial charge is 0.355 e. The number of benzene rings is 2. The van der Waals surface area contributed by atoms with Crippen LogP contribution >= 0.6 is 23.2 Å². The van der Waals surface area contributed by atoms with Gasteiger partial charge in [0.15, 0.2) is 0 Å². The molecule has 2 aromatic carbocycles. The second-order valence-electron chi connectivity index (χ2n) is 8.10. The number of para-hydroxylation sites is 1. The van der Waals surface area contributed by atoms with Crippen molar-refractivity contribution in [3.63, 3.8) is 0 Å². The van der Waals surface area contributed by atoms with E-state index in [1.165, 1.54) is 4.90 Å². The Kier molecular flexibility index (Phi) is 9.79. The number of sulfonamides is 1. The third-order valence-electron chi connectivity index (χ3n) is 5.44. The first-order valence-corrected chi connectivity index (χ1v) is 13.6. The van der Waals surface area contributed by atoms with Crippen LogP contribution < -0.4 is 9.62 Å². The highest BCUT2D eigenvalue weighted by Gasteiger charge is 2.32. The number of aryl methyl sites for hydroxylation is 2. The minimum Gasteiger partial charge on any atom is -0.355 e. The van der Waals surface area contributed by atoms with Crippen LogP contribution in [0.2, 0.25) is 10.0 Å². The number of nitrogens with one attached hydrogen (secondary N) is 1. The lowest BCUT2D eigenvalue weighted by molar-refractivity contribution is -0.140. The summed E-state index contributed by atoms with van der Waals surface area (Å²) in [5.74, 6) is -0.811. The molecule has 0 radical (unpaired) electrons. The average Bonchev–Trinajstić information content (AvgIpc) is 2.74. The van der Waals surface area contributed by atoms with Crippen LogP contribution in [0.5, 0.6) is 0 Å². The van der Waals surface area contributed by atoms with Crippen LogP contribution in [0.3, 0.4) is 0 Å². The molecule has 2 amide bonds. The molecule has 1 N–H and O–H groups in total. The molecule has 0 saturated carbocycles. The molecule has 2 aromatic rings. The number of hydrogen-bond acceptors (Lipinski definition) is 4. The highest BCUT2D eigenvalue weighted by Crippen LogP contribution is 2.28. The smallest absolute Gasteiger partial charge is 0.244 e. The molecule has 0 fully saturated rings. The molecule has 0 aromatic heterocycles. The van der Waals surface area contributed by atoms with E-state index in [1.54, 1.807) is 58.0 Å². The Morgan fingerprint density at radius 3 is 2.15 bits per heavy atom. The van der Waals surface area contributed by atoms with Gasteiger partial charge in [0.2, 0.25) is 21.8 Å². The number of amides is 2. The summed E-state index contributed by atoms with van der Waals surface area (Å²) in [5, 5.41) is 3.46. The maximum atomic E-state index is 13.6. The Balaban J connectivity index is 2.51. The molecule has 1 atom stereocenters. The Labute approximate surface area is 212 Å². The minimum absolute atomic E-state index is 0.0652. The third-order valence-corrected chi connectivity index (χ3v) is 7.29. The van der Waals surface area contributed by atoms with Gasteiger partial charge < -0.3 is 10.2 Å². The molecule has 10 heteroatoms. The van der Waals surface area contributed by atoms with Gasteiger partial charge in [-0.2, -0.15) is 0 Å². The minimum atomic E-state index is -3.79. The van der Waals surface area contributed by atoms with Crippen molar-refractivity contribution < 1.29 is 18.0 Å². The van der Waals surface area contributed by atoms with Crippen molar-refractivity contribution >= 4 is 50.7 Å². The van der Waals surface area contributed by atoms with Crippen molar-refractivity contribution in [2.24, 2.45) is 0 Å². The second-order valence-corrected chi connectivity index (χ2v) is 10.8. The van der Waals surface area contributed by atoms with E-state index in [2.05, 4.69) is 5.32 Å². The van der Waals surface area contributed by atoms with E-state index in [0.29, 0.717) is 34.3 Å². The molecule has 1 unspecified atom stereocenters. The van der Waals surface area contributed by atoms with Gasteiger partial charge in [-0.25, -0.2) is 8.42 Å². The third kappa shape index (κ3) is 6.87. The summed E-state index contributed by atoms with van der Waals surface area (Å²) >= 11 is 12.2. The molecule has 0 saturated heterocycles. The lowest BCUT2D eigenvalue weighted by Gasteiger charge is -2.33. The summed E-state index contributed by atoms with van der Waals surface area (Å²) in [6.45, 7) is 7.21. The van der Waals surface area contributed by atoms with E-state index in [1.807, 2.05) is 6.07 Å². The summed E-state index contributed by atoms with van der Waals surface area (Å²) in [5.41, 5.74) is 2.58. The van der Waals surface area contributed by atoms with E-state index in [0.717, 1.165) is 21.7 Å². The highest BCUT2D eigenvalue weighted by atomic mass is 35.5. The molecule has 0 aliphatic carbocycles. The zero-order valence-corrected chi connectivity index (χ0v) is 22.4. The quantitative estimate of drug-likeness (QED) is 0.498. The number of likely N-dealkylation sites (N-methyl/N-ethyl adjacent to an activating group) is 1. The number of hydrogen-bond donors (Lipinski definition) is 1. The maximum Gasteiger partial charge on any atom is 0.244 e. The van der Waals surface area contributed by atoms with Crippen LogP contribution in [-0.2, 0) is 26.2 Å². The molecule has 0 aliphatic rings. The molecular weight excluding hydrogens is 497 g/mol. The lowest BCUT2D eigenvalue weighted by atomic mass is 10.1. The molecule has 0 bridgehead atoms. The number of rotatable bonds is 10. The molecule has 2 rings (SSSR count). The van der Waals surface area contributed by atoms with E-state index in [4.69, 9.17) is 23.2 Å². The summed E-state index contributed by atoms with van der Waals surface area (Å²) < 4.78 is 26.6. The first-order chi connectivity index (χ1) is 15.9. The number of carbonyl (C=O) groups is 2. The maximum absolute atomic E-state index is 13.6. The fraction of sp³-hybridized carbons (Fsp3) is 0.417. The van der Waals surface area contributed by atoms with Crippen molar-refractivity contribution in [3.8, 4) is 0 Å². The Hall–Kier alpha value is -2.29. The van der Waals surface area contributed by atoms with Gasteiger partial charge in [0.25, 0.3) is 0 Å². The number of anilines is 1. The van der Waals surface area contributed by atoms with Crippen molar-refractivity contribution in [2.45, 2.75) is 46.7 Å². The molecule has 7 nitrogen and oxygen atoms in total. The predicted molar refractivity (Wildman–Crippen MR) is 138 cm³/mol. The predicted octanol–water partition coefficient (Wildman–Crippen LogP) is 4.32. The molecule has 0 heterocycles. The SMILES string of the molecule is CCNC(=O)C(CC)N(Cc1ccc(Cl)c(Cl)c1)C(=O)CN(c1c(C)cccc1C)S(C)(=O)=O. The van der Waals surface area contributed by atoms with Gasteiger partial charge in [-0.1, -0.05) is 54.4 Å². The first-order valence-electron chi connectivity index (χ1n) is 11.0. The van der Waals surface area contributed by atoms with Crippen LogP contribution in [0, 0.1) is 13.8 Å². The van der Waals surface area contributed by atoms with Gasteiger partial charge in [0.05, 0.1) is 22.0 Å². The number of nitrogens with zero attached hydrogens (tertiary/aromatic N) is 2. The Morgan fingerprint density at radius 2 is 1.65 bits per heavy atom. The number of halogens is 2. The second kappa shape index (κ2) is 11.9. The molecular formula is C24H31Cl2N3O4S. The Morgan fingerprint density at radius 1 is 1.03 bits per heavy atom. The highest BCUT2D eigenvalue weighted by molar-refractivity contribution is 7.92. The van der Waals surface area contributed by atoms with Crippen LogP contribution in [0.25, 0.3) is 0 Å². The summed E-state index contributed by atoms with van der Waals surface area (Å²) in [4.78, 5) is 27.8. The monoisotopic (exact) mass is 527 g/mol. The average molecular weight is 529 g/mol. The van der Waals surface area contributed by atoms with Crippen LogP contribution in [-0.4, -0.2) is 50.5 Å². The van der Waals surface area contributed by atoms with Gasteiger partial charge in [0.1, 0.15) is 12.6 Å². The lowest BCUT2D eigenvalue weighted by Crippen LogP contribution is -2.52. The van der Waals surface area contributed by atoms with Crippen molar-refractivity contribution in [2.75, 3.05) is 23.7 Å². The topological polar surface area (TPSA) is 86.8 Å². The van der Waals surface area contributed by atoms with E-state index < -0.39 is 28.5 Å². The molecule has 0 aliphatic heterocycles. The summed E-state index contributed by atoms with van der Waals surface area (Å²) in [6.07, 6.45) is 1.41. The van der Waals surface area contributed by atoms with Crippen molar-refractivity contribution in [1.29, 1.82) is 0 Å². The molecule has 0 spiro atoms. The molecule has 34 heavy (non-hydrogen) atoms. The van der Waals surface area contributed by atoms with Crippen LogP contribution in [0.1, 0.15) is 37.0 Å². The number of carbonyl (C=O) groups excluding carboxylic acids is 2. The zero-order valence-electron chi connectivity index (χ0n) is 20.1. The summed E-state index contributed by atoms with van der Waals surface area (Å²) in [6, 6.07) is 9.60. The van der Waals surface area contributed by atoms with Gasteiger partial charge in [0, 0.05) is 13.1 Å². The van der Waals surface area contributed by atoms with E-state index in [9.17, 15) is 18.0 Å². The van der Waals surface area contributed by atoms with Crippen molar-refractivity contribution in [3.05, 3.63) is 63.1 Å². The van der Waals surface area contributed by atoms with Crippen molar-refractivity contribution in [1.82, 2.24) is 10.2 Å². The summed E-state index contributed by atoms with van der Waals surface area (Å²) in [7, 11) is -3.79. The first kappa shape index (κ1) is 28.0. The van der Waals surface area contributed by atoms with Gasteiger partial charge in [-0.05, 0) is 56.0 Å². The van der Waals surface area contributed by atoms with E-state index in [-0.39, 0.29) is 12.5 Å². The van der Waals surface area contributed by atoms with Crippen LogP contribution in [0.15, 0.2) is 36.4 Å².